The summed E-state index contributed by atoms with van der Waals surface area (Å²) in [4.78, 5) is 4.36. The third-order valence-electron chi connectivity index (χ3n) is 3.42. The molecular formula is C18H18N2O2. The van der Waals surface area contributed by atoms with E-state index in [1.54, 1.807) is 18.2 Å². The summed E-state index contributed by atoms with van der Waals surface area (Å²) in [5, 5.41) is 13.8. The largest absolute Gasteiger partial charge is 0.507 e. The summed E-state index contributed by atoms with van der Waals surface area (Å²) in [6, 6.07) is 15.1. The summed E-state index contributed by atoms with van der Waals surface area (Å²) in [7, 11) is 0. The Kier molecular flexibility index (Phi) is 3.92. The van der Waals surface area contributed by atoms with E-state index in [9.17, 15) is 5.11 Å². The average molecular weight is 294 g/mol. The molecule has 0 aliphatic carbocycles. The van der Waals surface area contributed by atoms with Crippen molar-refractivity contribution in [1.82, 2.24) is 10.1 Å². The van der Waals surface area contributed by atoms with Gasteiger partial charge in [-0.2, -0.15) is 4.98 Å². The maximum atomic E-state index is 9.84. The fourth-order valence-corrected chi connectivity index (χ4v) is 2.37. The zero-order valence-corrected chi connectivity index (χ0v) is 12.7. The minimum Gasteiger partial charge on any atom is -0.507 e. The first-order chi connectivity index (χ1) is 10.6. The fraction of sp³-hybridized carbons (Fsp3) is 0.222. The second-order valence-electron chi connectivity index (χ2n) is 5.74. The molecule has 2 aromatic carbocycles. The van der Waals surface area contributed by atoms with E-state index in [0.29, 0.717) is 23.2 Å². The Bertz CT molecular complexity index is 761. The van der Waals surface area contributed by atoms with E-state index in [1.165, 1.54) is 5.56 Å². The summed E-state index contributed by atoms with van der Waals surface area (Å²) in [5.74, 6) is 1.61. The molecule has 0 unspecified atom stereocenters. The Morgan fingerprint density at radius 1 is 1.05 bits per heavy atom. The molecule has 1 aromatic heterocycles. The van der Waals surface area contributed by atoms with Crippen LogP contribution in [0.15, 0.2) is 53.1 Å². The first-order valence-corrected chi connectivity index (χ1v) is 7.35. The van der Waals surface area contributed by atoms with E-state index in [0.717, 1.165) is 12.0 Å². The van der Waals surface area contributed by atoms with Crippen molar-refractivity contribution in [3.05, 3.63) is 54.1 Å². The zero-order valence-electron chi connectivity index (χ0n) is 12.7. The average Bonchev–Trinajstić information content (AvgIpc) is 2.97. The van der Waals surface area contributed by atoms with Gasteiger partial charge in [0.15, 0.2) is 0 Å². The third-order valence-corrected chi connectivity index (χ3v) is 3.42. The summed E-state index contributed by atoms with van der Waals surface area (Å²) in [6.07, 6.45) is 1.05. The predicted molar refractivity (Wildman–Crippen MR) is 85.4 cm³/mol. The predicted octanol–water partition coefficient (Wildman–Crippen LogP) is 4.31. The van der Waals surface area contributed by atoms with Crippen molar-refractivity contribution in [2.45, 2.75) is 20.3 Å². The van der Waals surface area contributed by atoms with Gasteiger partial charge in [0.05, 0.1) is 5.56 Å². The van der Waals surface area contributed by atoms with E-state index in [-0.39, 0.29) is 5.75 Å². The number of rotatable bonds is 4. The zero-order chi connectivity index (χ0) is 15.5. The van der Waals surface area contributed by atoms with Crippen molar-refractivity contribution in [2.75, 3.05) is 0 Å². The van der Waals surface area contributed by atoms with Crippen molar-refractivity contribution >= 4 is 0 Å². The SMILES string of the molecule is CC(C)Cc1ccc(-c2nc(-c3ccccc3O)no2)cc1. The number of hydrogen-bond acceptors (Lipinski definition) is 4. The first-order valence-electron chi connectivity index (χ1n) is 7.35. The molecule has 0 fully saturated rings. The molecular weight excluding hydrogens is 276 g/mol. The Morgan fingerprint density at radius 2 is 1.77 bits per heavy atom. The van der Waals surface area contributed by atoms with Gasteiger partial charge in [-0.1, -0.05) is 43.3 Å². The van der Waals surface area contributed by atoms with E-state index in [1.807, 2.05) is 18.2 Å². The molecule has 3 rings (SSSR count). The molecule has 0 saturated heterocycles. The van der Waals surface area contributed by atoms with Crippen LogP contribution < -0.4 is 0 Å². The highest BCUT2D eigenvalue weighted by Crippen LogP contribution is 2.28. The first kappa shape index (κ1) is 14.3. The van der Waals surface area contributed by atoms with Crippen LogP contribution in [0.25, 0.3) is 22.8 Å². The van der Waals surface area contributed by atoms with Crippen LogP contribution >= 0.6 is 0 Å². The van der Waals surface area contributed by atoms with Crippen molar-refractivity contribution < 1.29 is 9.63 Å². The number of aromatic hydroxyl groups is 1. The summed E-state index contributed by atoms with van der Waals surface area (Å²) < 4.78 is 5.31. The Hall–Kier alpha value is -2.62. The minimum atomic E-state index is 0.141. The van der Waals surface area contributed by atoms with Gasteiger partial charge in [0, 0.05) is 5.56 Å². The van der Waals surface area contributed by atoms with E-state index < -0.39 is 0 Å². The normalized spacial score (nSPS) is 11.0. The third kappa shape index (κ3) is 3.01. The van der Waals surface area contributed by atoms with Gasteiger partial charge in [-0.05, 0) is 42.2 Å². The van der Waals surface area contributed by atoms with Crippen molar-refractivity contribution in [2.24, 2.45) is 5.92 Å². The smallest absolute Gasteiger partial charge is 0.258 e. The lowest BCUT2D eigenvalue weighted by atomic mass is 10.0. The molecule has 0 spiro atoms. The highest BCUT2D eigenvalue weighted by Gasteiger charge is 2.13. The lowest BCUT2D eigenvalue weighted by Gasteiger charge is -2.04. The molecule has 112 valence electrons. The minimum absolute atomic E-state index is 0.141. The quantitative estimate of drug-likeness (QED) is 0.779. The molecule has 0 saturated carbocycles. The Labute approximate surface area is 129 Å². The van der Waals surface area contributed by atoms with Crippen molar-refractivity contribution in [3.8, 4) is 28.6 Å². The molecule has 0 atom stereocenters. The summed E-state index contributed by atoms with van der Waals surface area (Å²) >= 11 is 0. The summed E-state index contributed by atoms with van der Waals surface area (Å²) in [5.41, 5.74) is 2.73. The fourth-order valence-electron chi connectivity index (χ4n) is 2.37. The maximum Gasteiger partial charge on any atom is 0.258 e. The van der Waals surface area contributed by atoms with Crippen LogP contribution in [0.1, 0.15) is 19.4 Å². The molecule has 0 bridgehead atoms. The van der Waals surface area contributed by atoms with Gasteiger partial charge in [-0.15, -0.1) is 0 Å². The number of benzene rings is 2. The topological polar surface area (TPSA) is 59.2 Å². The van der Waals surface area contributed by atoms with Gasteiger partial charge in [-0.25, -0.2) is 0 Å². The van der Waals surface area contributed by atoms with Crippen LogP contribution in [0.3, 0.4) is 0 Å². The van der Waals surface area contributed by atoms with Gasteiger partial charge in [0.1, 0.15) is 5.75 Å². The molecule has 0 aliphatic rings. The lowest BCUT2D eigenvalue weighted by molar-refractivity contribution is 0.431. The van der Waals surface area contributed by atoms with Crippen LogP contribution in [-0.4, -0.2) is 15.2 Å². The van der Waals surface area contributed by atoms with Gasteiger partial charge in [-0.3, -0.25) is 0 Å². The molecule has 0 radical (unpaired) electrons. The highest BCUT2D eigenvalue weighted by molar-refractivity contribution is 5.65. The number of para-hydroxylation sites is 1. The van der Waals surface area contributed by atoms with E-state index >= 15 is 0 Å². The number of aromatic nitrogens is 2. The van der Waals surface area contributed by atoms with E-state index in [4.69, 9.17) is 4.52 Å². The molecule has 4 nitrogen and oxygen atoms in total. The van der Waals surface area contributed by atoms with Crippen LogP contribution in [0.5, 0.6) is 5.75 Å². The molecule has 22 heavy (non-hydrogen) atoms. The van der Waals surface area contributed by atoms with Crippen LogP contribution in [0.2, 0.25) is 0 Å². The number of phenolic OH excluding ortho intramolecular Hbond substituents is 1. The monoisotopic (exact) mass is 294 g/mol. The van der Waals surface area contributed by atoms with Gasteiger partial charge in [0.25, 0.3) is 5.89 Å². The summed E-state index contributed by atoms with van der Waals surface area (Å²) in [6.45, 7) is 4.40. The lowest BCUT2D eigenvalue weighted by Crippen LogP contribution is -1.93. The highest BCUT2D eigenvalue weighted by atomic mass is 16.5. The maximum absolute atomic E-state index is 9.84. The molecule has 0 aliphatic heterocycles. The van der Waals surface area contributed by atoms with Gasteiger partial charge < -0.3 is 9.63 Å². The molecule has 1 heterocycles. The second kappa shape index (κ2) is 6.02. The molecule has 0 amide bonds. The van der Waals surface area contributed by atoms with Crippen molar-refractivity contribution in [3.63, 3.8) is 0 Å². The Balaban J connectivity index is 1.86. The number of nitrogens with zero attached hydrogens (tertiary/aromatic N) is 2. The second-order valence-corrected chi connectivity index (χ2v) is 5.74. The van der Waals surface area contributed by atoms with Gasteiger partial charge in [0.2, 0.25) is 5.82 Å². The van der Waals surface area contributed by atoms with Crippen LogP contribution in [-0.2, 0) is 6.42 Å². The molecule has 1 N–H and O–H groups in total. The van der Waals surface area contributed by atoms with Gasteiger partial charge >= 0.3 is 0 Å². The van der Waals surface area contributed by atoms with E-state index in [2.05, 4.69) is 36.1 Å². The molecule has 4 heteroatoms. The number of phenols is 1. The standard InChI is InChI=1S/C18H18N2O2/c1-12(2)11-13-7-9-14(10-8-13)18-19-17(20-22-18)15-5-3-4-6-16(15)21/h3-10,12,21H,11H2,1-2H3. The Morgan fingerprint density at radius 3 is 2.45 bits per heavy atom. The number of hydrogen-bond donors (Lipinski definition) is 1. The van der Waals surface area contributed by atoms with Crippen LogP contribution in [0, 0.1) is 5.92 Å². The van der Waals surface area contributed by atoms with Crippen molar-refractivity contribution in [1.29, 1.82) is 0 Å². The van der Waals surface area contributed by atoms with Crippen LogP contribution in [0.4, 0.5) is 0 Å². The molecule has 3 aromatic rings.